The lowest BCUT2D eigenvalue weighted by molar-refractivity contribution is -0.131. The molecule has 3 nitrogen and oxygen atoms in total. The SMILES string of the molecule is C#CCNCC(=O)N1CCC(CC)CC1. The van der Waals surface area contributed by atoms with Crippen LogP contribution in [0.1, 0.15) is 26.2 Å². The zero-order chi connectivity index (χ0) is 11.1. The first-order chi connectivity index (χ1) is 7.27. The molecule has 15 heavy (non-hydrogen) atoms. The van der Waals surface area contributed by atoms with E-state index >= 15 is 0 Å². The zero-order valence-corrected chi connectivity index (χ0v) is 9.46. The Hall–Kier alpha value is -1.01. The number of piperidine rings is 1. The standard InChI is InChI=1S/C12H20N2O/c1-3-7-13-10-12(15)14-8-5-11(4-2)6-9-14/h1,11,13H,4-10H2,2H3. The van der Waals surface area contributed by atoms with Gasteiger partial charge in [-0.2, -0.15) is 0 Å². The van der Waals surface area contributed by atoms with Crippen molar-refractivity contribution < 1.29 is 4.79 Å². The van der Waals surface area contributed by atoms with Gasteiger partial charge in [-0.1, -0.05) is 19.3 Å². The van der Waals surface area contributed by atoms with Crippen LogP contribution in [0.4, 0.5) is 0 Å². The Morgan fingerprint density at radius 3 is 2.73 bits per heavy atom. The van der Waals surface area contributed by atoms with E-state index in [4.69, 9.17) is 6.42 Å². The summed E-state index contributed by atoms with van der Waals surface area (Å²) < 4.78 is 0. The van der Waals surface area contributed by atoms with Crippen LogP contribution < -0.4 is 5.32 Å². The summed E-state index contributed by atoms with van der Waals surface area (Å²) in [6.07, 6.45) is 8.63. The number of carbonyl (C=O) groups excluding carboxylic acids is 1. The molecule has 0 unspecified atom stereocenters. The van der Waals surface area contributed by atoms with E-state index in [-0.39, 0.29) is 5.91 Å². The molecule has 0 aromatic carbocycles. The maximum atomic E-state index is 11.7. The van der Waals surface area contributed by atoms with Crippen LogP contribution in [0.25, 0.3) is 0 Å². The van der Waals surface area contributed by atoms with Crippen LogP contribution in [-0.4, -0.2) is 37.0 Å². The molecule has 3 heteroatoms. The van der Waals surface area contributed by atoms with Gasteiger partial charge in [-0.05, 0) is 18.8 Å². The first-order valence-corrected chi connectivity index (χ1v) is 5.69. The average Bonchev–Trinajstić information content (AvgIpc) is 2.29. The van der Waals surface area contributed by atoms with Gasteiger partial charge in [-0.3, -0.25) is 10.1 Å². The van der Waals surface area contributed by atoms with E-state index in [2.05, 4.69) is 18.2 Å². The second-order valence-corrected chi connectivity index (χ2v) is 4.04. The van der Waals surface area contributed by atoms with Gasteiger partial charge < -0.3 is 4.90 Å². The fraction of sp³-hybridized carbons (Fsp3) is 0.750. The molecule has 1 heterocycles. The van der Waals surface area contributed by atoms with Gasteiger partial charge in [0.1, 0.15) is 0 Å². The molecule has 84 valence electrons. The summed E-state index contributed by atoms with van der Waals surface area (Å²) in [6, 6.07) is 0. The number of hydrogen-bond acceptors (Lipinski definition) is 2. The van der Waals surface area contributed by atoms with Gasteiger partial charge in [-0.15, -0.1) is 6.42 Å². The quantitative estimate of drug-likeness (QED) is 0.549. The molecule has 0 saturated carbocycles. The molecule has 1 amide bonds. The third kappa shape index (κ3) is 3.93. The Morgan fingerprint density at radius 2 is 2.20 bits per heavy atom. The first kappa shape index (κ1) is 12.1. The predicted molar refractivity (Wildman–Crippen MR) is 61.3 cm³/mol. The molecule has 0 bridgehead atoms. The van der Waals surface area contributed by atoms with E-state index in [0.717, 1.165) is 31.8 Å². The molecule has 1 rings (SSSR count). The van der Waals surface area contributed by atoms with Gasteiger partial charge >= 0.3 is 0 Å². The van der Waals surface area contributed by atoms with Crippen LogP contribution >= 0.6 is 0 Å². The number of likely N-dealkylation sites (tertiary alicyclic amines) is 1. The third-order valence-corrected chi connectivity index (χ3v) is 3.05. The molecule has 0 aliphatic carbocycles. The van der Waals surface area contributed by atoms with Crippen LogP contribution in [0, 0.1) is 18.3 Å². The van der Waals surface area contributed by atoms with Gasteiger partial charge in [0.15, 0.2) is 0 Å². The fourth-order valence-electron chi connectivity index (χ4n) is 1.94. The van der Waals surface area contributed by atoms with Crippen LogP contribution in [0.3, 0.4) is 0 Å². The van der Waals surface area contributed by atoms with E-state index < -0.39 is 0 Å². The average molecular weight is 208 g/mol. The summed E-state index contributed by atoms with van der Waals surface area (Å²) in [5.41, 5.74) is 0. The van der Waals surface area contributed by atoms with Crippen molar-refractivity contribution >= 4 is 5.91 Å². The molecular formula is C12H20N2O. The Morgan fingerprint density at radius 1 is 1.53 bits per heavy atom. The van der Waals surface area contributed by atoms with E-state index in [1.807, 2.05) is 4.90 Å². The molecule has 1 saturated heterocycles. The van der Waals surface area contributed by atoms with Gasteiger partial charge in [0.25, 0.3) is 0 Å². The highest BCUT2D eigenvalue weighted by Gasteiger charge is 2.20. The molecule has 1 aliphatic rings. The number of terminal acetylenes is 1. The second-order valence-electron chi connectivity index (χ2n) is 4.04. The van der Waals surface area contributed by atoms with Crippen LogP contribution in [0.2, 0.25) is 0 Å². The maximum Gasteiger partial charge on any atom is 0.236 e. The minimum absolute atomic E-state index is 0.180. The van der Waals surface area contributed by atoms with Gasteiger partial charge in [-0.25, -0.2) is 0 Å². The topological polar surface area (TPSA) is 32.3 Å². The lowest BCUT2D eigenvalue weighted by Gasteiger charge is -2.31. The summed E-state index contributed by atoms with van der Waals surface area (Å²) >= 11 is 0. The number of nitrogens with one attached hydrogen (secondary N) is 1. The molecule has 0 spiro atoms. The summed E-state index contributed by atoms with van der Waals surface area (Å²) in [7, 11) is 0. The zero-order valence-electron chi connectivity index (χ0n) is 9.46. The lowest BCUT2D eigenvalue weighted by atomic mass is 9.94. The van der Waals surface area contributed by atoms with Crippen LogP contribution in [-0.2, 0) is 4.79 Å². The highest BCUT2D eigenvalue weighted by molar-refractivity contribution is 5.78. The Labute approximate surface area is 92.2 Å². The van der Waals surface area contributed by atoms with E-state index in [0.29, 0.717) is 13.1 Å². The second kappa shape index (κ2) is 6.47. The highest BCUT2D eigenvalue weighted by Crippen LogP contribution is 2.19. The van der Waals surface area contributed by atoms with Gasteiger partial charge in [0.2, 0.25) is 5.91 Å². The van der Waals surface area contributed by atoms with Crippen molar-refractivity contribution in [3.05, 3.63) is 0 Å². The molecule has 1 fully saturated rings. The maximum absolute atomic E-state index is 11.7. The van der Waals surface area contributed by atoms with Crippen molar-refractivity contribution in [2.75, 3.05) is 26.2 Å². The van der Waals surface area contributed by atoms with Crippen molar-refractivity contribution in [3.63, 3.8) is 0 Å². The Kier molecular flexibility index (Phi) is 5.20. The molecule has 0 aromatic heterocycles. The van der Waals surface area contributed by atoms with Crippen molar-refractivity contribution in [2.45, 2.75) is 26.2 Å². The Balaban J connectivity index is 2.21. The van der Waals surface area contributed by atoms with E-state index in [1.54, 1.807) is 0 Å². The number of carbonyl (C=O) groups is 1. The molecule has 0 atom stereocenters. The number of hydrogen-bond donors (Lipinski definition) is 1. The number of amides is 1. The molecular weight excluding hydrogens is 188 g/mol. The lowest BCUT2D eigenvalue weighted by Crippen LogP contribution is -2.42. The summed E-state index contributed by atoms with van der Waals surface area (Å²) in [5, 5.41) is 2.93. The fourth-order valence-corrected chi connectivity index (χ4v) is 1.94. The Bertz CT molecular complexity index is 236. The first-order valence-electron chi connectivity index (χ1n) is 5.69. The van der Waals surface area contributed by atoms with Gasteiger partial charge in [0, 0.05) is 13.1 Å². The van der Waals surface area contributed by atoms with E-state index in [9.17, 15) is 4.79 Å². The van der Waals surface area contributed by atoms with Crippen molar-refractivity contribution in [3.8, 4) is 12.3 Å². The number of nitrogens with zero attached hydrogens (tertiary/aromatic N) is 1. The van der Waals surface area contributed by atoms with Crippen molar-refractivity contribution in [2.24, 2.45) is 5.92 Å². The van der Waals surface area contributed by atoms with Crippen molar-refractivity contribution in [1.29, 1.82) is 0 Å². The predicted octanol–water partition coefficient (Wildman–Crippen LogP) is 0.858. The summed E-state index contributed by atoms with van der Waals surface area (Å²) in [4.78, 5) is 13.6. The molecule has 1 aliphatic heterocycles. The largest absolute Gasteiger partial charge is 0.342 e. The van der Waals surface area contributed by atoms with Gasteiger partial charge in [0.05, 0.1) is 13.1 Å². The summed E-state index contributed by atoms with van der Waals surface area (Å²) in [5.74, 6) is 3.45. The molecule has 0 aromatic rings. The summed E-state index contributed by atoms with van der Waals surface area (Å²) in [6.45, 7) is 4.89. The van der Waals surface area contributed by atoms with Crippen LogP contribution in [0.15, 0.2) is 0 Å². The third-order valence-electron chi connectivity index (χ3n) is 3.05. The minimum Gasteiger partial charge on any atom is -0.342 e. The van der Waals surface area contributed by atoms with Crippen molar-refractivity contribution in [1.82, 2.24) is 10.2 Å². The normalized spacial score (nSPS) is 17.5. The van der Waals surface area contributed by atoms with Crippen LogP contribution in [0.5, 0.6) is 0 Å². The highest BCUT2D eigenvalue weighted by atomic mass is 16.2. The smallest absolute Gasteiger partial charge is 0.236 e. The molecule has 1 N–H and O–H groups in total. The monoisotopic (exact) mass is 208 g/mol. The minimum atomic E-state index is 0.180. The number of rotatable bonds is 4. The molecule has 0 radical (unpaired) electrons. The van der Waals surface area contributed by atoms with E-state index in [1.165, 1.54) is 6.42 Å².